The number of nitrogens with zero attached hydrogens (tertiary/aromatic N) is 2. The summed E-state index contributed by atoms with van der Waals surface area (Å²) < 4.78 is 24.0. The van der Waals surface area contributed by atoms with E-state index in [2.05, 4.69) is 64.7 Å². The van der Waals surface area contributed by atoms with Crippen molar-refractivity contribution in [3.63, 3.8) is 0 Å². The largest absolute Gasteiger partial charge is 0.497 e. The van der Waals surface area contributed by atoms with Gasteiger partial charge in [0.05, 0.1) is 7.11 Å². The minimum atomic E-state index is -2.89. The number of rotatable bonds is 9. The molecule has 148 valence electrons. The summed E-state index contributed by atoms with van der Waals surface area (Å²) in [6.45, 7) is 16.9. The van der Waals surface area contributed by atoms with Crippen LogP contribution < -0.4 is 4.74 Å². The van der Waals surface area contributed by atoms with Gasteiger partial charge in [-0.3, -0.25) is 4.57 Å². The van der Waals surface area contributed by atoms with Crippen molar-refractivity contribution in [1.29, 1.82) is 0 Å². The van der Waals surface area contributed by atoms with Crippen molar-refractivity contribution >= 4 is 13.5 Å². The van der Waals surface area contributed by atoms with E-state index in [-0.39, 0.29) is 24.2 Å². The molecule has 0 radical (unpaired) electrons. The molecule has 4 nitrogen and oxygen atoms in total. The Morgan fingerprint density at radius 2 is 1.19 bits per heavy atom. The Balaban J connectivity index is 3.42. The Bertz CT molecular complexity index is 581. The van der Waals surface area contributed by atoms with Crippen molar-refractivity contribution in [2.24, 2.45) is 0 Å². The molecule has 0 unspecified atom stereocenters. The van der Waals surface area contributed by atoms with Crippen molar-refractivity contribution in [2.75, 3.05) is 7.11 Å². The molecule has 0 aliphatic heterocycles. The normalized spacial score (nSPS) is 13.3. The first-order valence-corrected chi connectivity index (χ1v) is 11.2. The molecular formula is C21H37N2O2P. The molecular weight excluding hydrogens is 343 g/mol. The summed E-state index contributed by atoms with van der Waals surface area (Å²) in [5.74, 6) is 2.75. The average Bonchev–Trinajstić information content (AvgIpc) is 2.51. The maximum atomic E-state index is 14.4. The van der Waals surface area contributed by atoms with Gasteiger partial charge in [0.2, 0.25) is 7.44 Å². The van der Waals surface area contributed by atoms with E-state index < -0.39 is 7.44 Å². The molecule has 0 spiro atoms. The fourth-order valence-electron chi connectivity index (χ4n) is 3.69. The molecule has 0 aromatic heterocycles. The van der Waals surface area contributed by atoms with Gasteiger partial charge in [0.25, 0.3) is 0 Å². The first-order valence-electron chi connectivity index (χ1n) is 9.55. The second kappa shape index (κ2) is 9.73. The van der Waals surface area contributed by atoms with Crippen LogP contribution in [-0.2, 0) is 4.57 Å². The van der Waals surface area contributed by atoms with Gasteiger partial charge in [0.1, 0.15) is 5.75 Å². The van der Waals surface area contributed by atoms with Gasteiger partial charge in [-0.25, -0.2) is 9.34 Å². The highest BCUT2D eigenvalue weighted by Gasteiger charge is 2.40. The SMILES string of the molecule is COc1ccc(/C=C/P(=O)(N(C(C)C)C(C)C)N(C(C)C)C(C)C)cc1. The van der Waals surface area contributed by atoms with E-state index >= 15 is 0 Å². The maximum Gasteiger partial charge on any atom is 0.239 e. The van der Waals surface area contributed by atoms with Crippen LogP contribution in [0.5, 0.6) is 5.75 Å². The molecule has 0 aliphatic rings. The highest BCUT2D eigenvalue weighted by Crippen LogP contribution is 2.59. The fourth-order valence-corrected chi connectivity index (χ4v) is 7.25. The molecule has 0 aliphatic carbocycles. The van der Waals surface area contributed by atoms with Crippen LogP contribution in [0.1, 0.15) is 61.0 Å². The summed E-state index contributed by atoms with van der Waals surface area (Å²) >= 11 is 0. The Labute approximate surface area is 160 Å². The fraction of sp³-hybridized carbons (Fsp3) is 0.619. The summed E-state index contributed by atoms with van der Waals surface area (Å²) in [6, 6.07) is 8.56. The summed E-state index contributed by atoms with van der Waals surface area (Å²) in [7, 11) is -1.24. The lowest BCUT2D eigenvalue weighted by Crippen LogP contribution is -2.44. The lowest BCUT2D eigenvalue weighted by atomic mass is 10.2. The molecule has 0 fully saturated rings. The third kappa shape index (κ3) is 5.45. The van der Waals surface area contributed by atoms with E-state index in [4.69, 9.17) is 4.74 Å². The standard InChI is InChI=1S/C21H37N2O2P/c1-16(2)22(17(3)4)26(24,23(18(5)6)19(7)8)15-14-20-10-12-21(25-9)13-11-20/h10-19H,1-9H3/b15-14+. The molecule has 0 N–H and O–H groups in total. The minimum absolute atomic E-state index is 0.182. The Morgan fingerprint density at radius 1 is 0.808 bits per heavy atom. The summed E-state index contributed by atoms with van der Waals surface area (Å²) in [6.07, 6.45) is 1.98. The van der Waals surface area contributed by atoms with Crippen molar-refractivity contribution < 1.29 is 9.30 Å². The second-order valence-electron chi connectivity index (χ2n) is 7.81. The van der Waals surface area contributed by atoms with Gasteiger partial charge in [0, 0.05) is 30.0 Å². The van der Waals surface area contributed by atoms with Crippen molar-refractivity contribution in [1.82, 2.24) is 9.34 Å². The Hall–Kier alpha value is -1.09. The molecule has 0 bridgehead atoms. The van der Waals surface area contributed by atoms with Crippen LogP contribution in [-0.4, -0.2) is 40.6 Å². The predicted octanol–water partition coefficient (Wildman–Crippen LogP) is 6.10. The average molecular weight is 381 g/mol. The number of ether oxygens (including phenoxy) is 1. The smallest absolute Gasteiger partial charge is 0.239 e. The van der Waals surface area contributed by atoms with Gasteiger partial charge in [0.15, 0.2) is 0 Å². The van der Waals surface area contributed by atoms with Crippen LogP contribution in [0.2, 0.25) is 0 Å². The van der Waals surface area contributed by atoms with E-state index in [1.54, 1.807) is 7.11 Å². The summed E-state index contributed by atoms with van der Waals surface area (Å²) in [5.41, 5.74) is 1.02. The molecule has 5 heteroatoms. The maximum absolute atomic E-state index is 14.4. The summed E-state index contributed by atoms with van der Waals surface area (Å²) in [4.78, 5) is 0. The monoisotopic (exact) mass is 380 g/mol. The Morgan fingerprint density at radius 3 is 1.50 bits per heavy atom. The van der Waals surface area contributed by atoms with Crippen LogP contribution in [0.4, 0.5) is 0 Å². The highest BCUT2D eigenvalue weighted by molar-refractivity contribution is 7.62. The zero-order chi connectivity index (χ0) is 20.1. The van der Waals surface area contributed by atoms with Gasteiger partial charge in [-0.2, -0.15) is 0 Å². The molecule has 0 atom stereocenters. The van der Waals surface area contributed by atoms with Crippen LogP contribution in [0.15, 0.2) is 30.1 Å². The quantitative estimate of drug-likeness (QED) is 0.485. The molecule has 0 saturated carbocycles. The highest BCUT2D eigenvalue weighted by atomic mass is 31.2. The van der Waals surface area contributed by atoms with Crippen molar-refractivity contribution in [3.8, 4) is 5.75 Å². The van der Waals surface area contributed by atoms with E-state index in [1.165, 1.54) is 0 Å². The van der Waals surface area contributed by atoms with E-state index in [0.717, 1.165) is 11.3 Å². The third-order valence-corrected chi connectivity index (χ3v) is 8.06. The number of benzene rings is 1. The van der Waals surface area contributed by atoms with Crippen LogP contribution in [0.3, 0.4) is 0 Å². The van der Waals surface area contributed by atoms with Gasteiger partial charge in [-0.05, 0) is 79.2 Å². The molecule has 0 amide bonds. The van der Waals surface area contributed by atoms with E-state index in [0.29, 0.717) is 0 Å². The van der Waals surface area contributed by atoms with Gasteiger partial charge >= 0.3 is 0 Å². The third-order valence-electron chi connectivity index (χ3n) is 4.36. The number of hydrogen-bond acceptors (Lipinski definition) is 2. The predicted molar refractivity (Wildman–Crippen MR) is 114 cm³/mol. The van der Waals surface area contributed by atoms with Gasteiger partial charge in [-0.15, -0.1) is 0 Å². The zero-order valence-corrected chi connectivity index (χ0v) is 18.8. The van der Waals surface area contributed by atoms with Gasteiger partial charge in [-0.1, -0.05) is 12.1 Å². The van der Waals surface area contributed by atoms with E-state index in [9.17, 15) is 4.57 Å². The summed E-state index contributed by atoms with van der Waals surface area (Å²) in [5, 5.41) is 0. The molecule has 1 aromatic rings. The number of methoxy groups -OCH3 is 1. The van der Waals surface area contributed by atoms with Crippen LogP contribution in [0, 0.1) is 0 Å². The minimum Gasteiger partial charge on any atom is -0.497 e. The molecule has 1 rings (SSSR count). The first kappa shape index (κ1) is 23.0. The second-order valence-corrected chi connectivity index (χ2v) is 10.2. The lowest BCUT2D eigenvalue weighted by Gasteiger charge is -2.45. The van der Waals surface area contributed by atoms with Crippen LogP contribution >= 0.6 is 7.44 Å². The zero-order valence-electron chi connectivity index (χ0n) is 17.9. The topological polar surface area (TPSA) is 32.8 Å². The number of hydrogen-bond donors (Lipinski definition) is 0. The molecule has 0 saturated heterocycles. The molecule has 26 heavy (non-hydrogen) atoms. The van der Waals surface area contributed by atoms with Crippen LogP contribution in [0.25, 0.3) is 6.08 Å². The van der Waals surface area contributed by atoms with Crippen molar-refractivity contribution in [3.05, 3.63) is 35.6 Å². The van der Waals surface area contributed by atoms with Crippen molar-refractivity contribution in [2.45, 2.75) is 79.6 Å². The molecule has 0 heterocycles. The van der Waals surface area contributed by atoms with Gasteiger partial charge < -0.3 is 4.74 Å². The van der Waals surface area contributed by atoms with E-state index in [1.807, 2.05) is 36.2 Å². The molecule has 1 aromatic carbocycles. The lowest BCUT2D eigenvalue weighted by molar-refractivity contribution is 0.230. The first-order chi connectivity index (χ1) is 12.0. The Kier molecular flexibility index (Phi) is 8.59.